The number of hydrogen-bond donors (Lipinski definition) is 0. The van der Waals surface area contributed by atoms with Crippen LogP contribution in [0.2, 0.25) is 0 Å². The standard InChI is InChI=1S/C10H13F7/c1-2-6-3-4-7(5-6)8(11,12)9(13,14)10(15,16)17/h6-7H,2-5H2,1H3. The van der Waals surface area contributed by atoms with Crippen LogP contribution >= 0.6 is 0 Å². The summed E-state index contributed by atoms with van der Waals surface area (Å²) in [6.45, 7) is 1.70. The highest BCUT2D eigenvalue weighted by atomic mass is 19.4. The van der Waals surface area contributed by atoms with Crippen LogP contribution in [0.5, 0.6) is 0 Å². The van der Waals surface area contributed by atoms with Crippen molar-refractivity contribution in [3.05, 3.63) is 0 Å². The molecule has 0 bridgehead atoms. The van der Waals surface area contributed by atoms with Crippen LogP contribution in [0.3, 0.4) is 0 Å². The molecule has 17 heavy (non-hydrogen) atoms. The molecule has 1 saturated carbocycles. The second kappa shape index (κ2) is 4.31. The van der Waals surface area contributed by atoms with Crippen molar-refractivity contribution in [2.24, 2.45) is 11.8 Å². The van der Waals surface area contributed by atoms with Crippen LogP contribution in [-0.4, -0.2) is 18.0 Å². The minimum Gasteiger partial charge on any atom is -0.199 e. The highest BCUT2D eigenvalue weighted by Crippen LogP contribution is 2.54. The summed E-state index contributed by atoms with van der Waals surface area (Å²) in [5.74, 6) is -13.0. The number of hydrogen-bond acceptors (Lipinski definition) is 0. The summed E-state index contributed by atoms with van der Waals surface area (Å²) in [5.41, 5.74) is 0. The summed E-state index contributed by atoms with van der Waals surface area (Å²) in [5, 5.41) is 0. The fourth-order valence-corrected chi connectivity index (χ4v) is 2.22. The average Bonchev–Trinajstić information content (AvgIpc) is 2.64. The fraction of sp³-hybridized carbons (Fsp3) is 1.00. The first-order valence-electron chi connectivity index (χ1n) is 5.36. The van der Waals surface area contributed by atoms with E-state index in [0.717, 1.165) is 0 Å². The van der Waals surface area contributed by atoms with Crippen molar-refractivity contribution in [2.75, 3.05) is 0 Å². The Morgan fingerprint density at radius 2 is 1.47 bits per heavy atom. The predicted octanol–water partition coefficient (Wildman–Crippen LogP) is 4.65. The minimum atomic E-state index is -6.21. The third-order valence-corrected chi connectivity index (χ3v) is 3.41. The van der Waals surface area contributed by atoms with Gasteiger partial charge in [-0.3, -0.25) is 0 Å². The van der Waals surface area contributed by atoms with E-state index in [1.165, 1.54) is 0 Å². The second-order valence-electron chi connectivity index (χ2n) is 4.48. The molecule has 0 aliphatic heterocycles. The summed E-state index contributed by atoms with van der Waals surface area (Å²) in [6, 6.07) is 0. The van der Waals surface area contributed by atoms with Gasteiger partial charge in [0, 0.05) is 5.92 Å². The molecule has 7 heteroatoms. The molecule has 0 amide bonds. The van der Waals surface area contributed by atoms with Gasteiger partial charge in [-0.15, -0.1) is 0 Å². The molecule has 0 nitrogen and oxygen atoms in total. The van der Waals surface area contributed by atoms with Crippen molar-refractivity contribution in [3.63, 3.8) is 0 Å². The Labute approximate surface area is 94.2 Å². The Kier molecular flexibility index (Phi) is 3.70. The zero-order valence-corrected chi connectivity index (χ0v) is 9.13. The maximum absolute atomic E-state index is 13.2. The van der Waals surface area contributed by atoms with Gasteiger partial charge >= 0.3 is 18.0 Å². The van der Waals surface area contributed by atoms with E-state index in [9.17, 15) is 30.7 Å². The van der Waals surface area contributed by atoms with Gasteiger partial charge in [-0.25, -0.2) is 0 Å². The van der Waals surface area contributed by atoms with Crippen LogP contribution in [0.15, 0.2) is 0 Å². The van der Waals surface area contributed by atoms with Gasteiger partial charge in [-0.2, -0.15) is 30.7 Å². The van der Waals surface area contributed by atoms with E-state index in [-0.39, 0.29) is 25.2 Å². The summed E-state index contributed by atoms with van der Waals surface area (Å²) in [6.07, 6.45) is -5.96. The van der Waals surface area contributed by atoms with Crippen LogP contribution in [-0.2, 0) is 0 Å². The van der Waals surface area contributed by atoms with E-state index in [4.69, 9.17) is 0 Å². The van der Waals surface area contributed by atoms with Gasteiger partial charge in [0.25, 0.3) is 0 Å². The molecule has 1 fully saturated rings. The fourth-order valence-electron chi connectivity index (χ4n) is 2.22. The summed E-state index contributed by atoms with van der Waals surface area (Å²) in [4.78, 5) is 0. The van der Waals surface area contributed by atoms with Gasteiger partial charge in [0.2, 0.25) is 0 Å². The second-order valence-corrected chi connectivity index (χ2v) is 4.48. The van der Waals surface area contributed by atoms with Crippen molar-refractivity contribution >= 4 is 0 Å². The normalized spacial score (nSPS) is 27.5. The van der Waals surface area contributed by atoms with Gasteiger partial charge in [-0.1, -0.05) is 13.3 Å². The largest absolute Gasteiger partial charge is 0.459 e. The van der Waals surface area contributed by atoms with E-state index in [1.54, 1.807) is 6.92 Å². The van der Waals surface area contributed by atoms with Crippen LogP contribution < -0.4 is 0 Å². The molecule has 0 heterocycles. The Morgan fingerprint density at radius 3 is 1.82 bits per heavy atom. The molecular formula is C10H13F7. The van der Waals surface area contributed by atoms with Crippen molar-refractivity contribution in [2.45, 2.75) is 50.6 Å². The zero-order chi connectivity index (χ0) is 13.5. The van der Waals surface area contributed by atoms with Crippen LogP contribution in [0.25, 0.3) is 0 Å². The number of halogens is 7. The van der Waals surface area contributed by atoms with Crippen molar-refractivity contribution in [3.8, 4) is 0 Å². The lowest BCUT2D eigenvalue weighted by atomic mass is 9.92. The molecule has 1 rings (SSSR count). The molecule has 1 aliphatic carbocycles. The first-order valence-corrected chi connectivity index (χ1v) is 5.36. The Hall–Kier alpha value is -0.490. The molecule has 0 radical (unpaired) electrons. The first kappa shape index (κ1) is 14.6. The maximum atomic E-state index is 13.2. The summed E-state index contributed by atoms with van der Waals surface area (Å²) < 4.78 is 87.7. The lowest BCUT2D eigenvalue weighted by Crippen LogP contribution is -2.55. The third kappa shape index (κ3) is 2.38. The zero-order valence-electron chi connectivity index (χ0n) is 9.13. The molecule has 2 unspecified atom stereocenters. The summed E-state index contributed by atoms with van der Waals surface area (Å²) >= 11 is 0. The topological polar surface area (TPSA) is 0 Å². The Morgan fingerprint density at radius 1 is 0.941 bits per heavy atom. The number of alkyl halides is 7. The first-order chi connectivity index (χ1) is 7.54. The molecule has 2 atom stereocenters. The Balaban J connectivity index is 2.88. The molecule has 0 saturated heterocycles. The molecule has 0 N–H and O–H groups in total. The van der Waals surface area contributed by atoms with E-state index in [1.807, 2.05) is 0 Å². The van der Waals surface area contributed by atoms with E-state index < -0.39 is 23.9 Å². The van der Waals surface area contributed by atoms with E-state index in [2.05, 4.69) is 0 Å². The minimum absolute atomic E-state index is 0.185. The van der Waals surface area contributed by atoms with Gasteiger partial charge in [0.05, 0.1) is 0 Å². The molecule has 102 valence electrons. The molecule has 0 aromatic heterocycles. The highest BCUT2D eigenvalue weighted by molar-refractivity contribution is 4.98. The van der Waals surface area contributed by atoms with Gasteiger partial charge < -0.3 is 0 Å². The van der Waals surface area contributed by atoms with Crippen molar-refractivity contribution in [1.82, 2.24) is 0 Å². The van der Waals surface area contributed by atoms with Crippen molar-refractivity contribution in [1.29, 1.82) is 0 Å². The average molecular weight is 266 g/mol. The van der Waals surface area contributed by atoms with Gasteiger partial charge in [-0.05, 0) is 25.2 Å². The monoisotopic (exact) mass is 266 g/mol. The smallest absolute Gasteiger partial charge is 0.199 e. The lowest BCUT2D eigenvalue weighted by Gasteiger charge is -2.32. The van der Waals surface area contributed by atoms with E-state index >= 15 is 0 Å². The van der Waals surface area contributed by atoms with Gasteiger partial charge in [0.1, 0.15) is 0 Å². The van der Waals surface area contributed by atoms with Crippen LogP contribution in [0.1, 0.15) is 32.6 Å². The predicted molar refractivity (Wildman–Crippen MR) is 47.1 cm³/mol. The van der Waals surface area contributed by atoms with Gasteiger partial charge in [0.15, 0.2) is 0 Å². The molecular weight excluding hydrogens is 253 g/mol. The molecule has 0 aromatic rings. The Bertz CT molecular complexity index is 268. The van der Waals surface area contributed by atoms with E-state index in [0.29, 0.717) is 6.42 Å². The van der Waals surface area contributed by atoms with Crippen LogP contribution in [0.4, 0.5) is 30.7 Å². The third-order valence-electron chi connectivity index (χ3n) is 3.41. The SMILES string of the molecule is CCC1CCC(C(F)(F)C(F)(F)C(F)(F)F)C1. The molecule has 0 spiro atoms. The lowest BCUT2D eigenvalue weighted by molar-refractivity contribution is -0.365. The summed E-state index contributed by atoms with van der Waals surface area (Å²) in [7, 11) is 0. The molecule has 0 aromatic carbocycles. The van der Waals surface area contributed by atoms with Crippen LogP contribution in [0, 0.1) is 11.8 Å². The maximum Gasteiger partial charge on any atom is 0.459 e. The van der Waals surface area contributed by atoms with Crippen molar-refractivity contribution < 1.29 is 30.7 Å². The number of rotatable bonds is 3. The quantitative estimate of drug-likeness (QED) is 0.652. The highest BCUT2D eigenvalue weighted by Gasteiger charge is 2.75. The molecule has 1 aliphatic rings.